The first-order chi connectivity index (χ1) is 6.56. The van der Waals surface area contributed by atoms with Crippen LogP contribution in [0.5, 0.6) is 5.75 Å². The first-order valence-electron chi connectivity index (χ1n) is 3.71. The van der Waals surface area contributed by atoms with E-state index in [-0.39, 0.29) is 17.0 Å². The second-order valence-electron chi connectivity index (χ2n) is 2.66. The summed E-state index contributed by atoms with van der Waals surface area (Å²) in [5.74, 6) is -1.40. The maximum Gasteiger partial charge on any atom is 0.338 e. The molecule has 1 aromatic carbocycles. The summed E-state index contributed by atoms with van der Waals surface area (Å²) in [5.41, 5.74) is 0.211. The Morgan fingerprint density at radius 3 is 2.64 bits per heavy atom. The number of phenolic OH excluding ortho intramolecular Hbond substituents is 1. The molecule has 0 atom stereocenters. The van der Waals surface area contributed by atoms with Crippen molar-refractivity contribution >= 4 is 17.7 Å². The van der Waals surface area contributed by atoms with Crippen LogP contribution in [0, 0.1) is 6.92 Å². The lowest BCUT2D eigenvalue weighted by molar-refractivity contribution is 0.0697. The second kappa shape index (κ2) is 3.72. The highest BCUT2D eigenvalue weighted by molar-refractivity contribution is 5.94. The van der Waals surface area contributed by atoms with E-state index in [1.165, 1.54) is 12.1 Å². The van der Waals surface area contributed by atoms with Crippen molar-refractivity contribution < 1.29 is 19.8 Å². The van der Waals surface area contributed by atoms with Crippen molar-refractivity contribution in [3.8, 4) is 5.75 Å². The third-order valence-electron chi connectivity index (χ3n) is 1.71. The average molecular weight is 193 g/mol. The summed E-state index contributed by atoms with van der Waals surface area (Å²) in [5, 5.41) is 17.9. The first kappa shape index (κ1) is 9.95. The Morgan fingerprint density at radius 1 is 1.50 bits per heavy atom. The molecule has 1 rings (SSSR count). The molecule has 0 saturated carbocycles. The standard InChI is InChI=1S/C9H7NO4/c1-5-2-7(10-4-11)6(9(13)14)3-8(5)12/h2-3,12H,1H3,(H,13,14). The highest BCUT2D eigenvalue weighted by Gasteiger charge is 2.12. The Labute approximate surface area is 79.3 Å². The third-order valence-corrected chi connectivity index (χ3v) is 1.71. The van der Waals surface area contributed by atoms with Gasteiger partial charge in [0.05, 0.1) is 11.3 Å². The van der Waals surface area contributed by atoms with Crippen LogP contribution < -0.4 is 0 Å². The van der Waals surface area contributed by atoms with Gasteiger partial charge >= 0.3 is 5.97 Å². The van der Waals surface area contributed by atoms with Crippen molar-refractivity contribution in [2.75, 3.05) is 0 Å². The molecule has 2 N–H and O–H groups in total. The number of rotatable bonds is 2. The number of aromatic carboxylic acids is 1. The molecule has 0 radical (unpaired) electrons. The van der Waals surface area contributed by atoms with Crippen molar-refractivity contribution in [3.63, 3.8) is 0 Å². The largest absolute Gasteiger partial charge is 0.508 e. The van der Waals surface area contributed by atoms with E-state index in [1.54, 1.807) is 6.92 Å². The van der Waals surface area contributed by atoms with E-state index in [0.29, 0.717) is 5.56 Å². The number of carboxylic acid groups (broad SMARTS) is 1. The number of phenols is 1. The van der Waals surface area contributed by atoms with Crippen LogP contribution in [0.15, 0.2) is 17.1 Å². The summed E-state index contributed by atoms with van der Waals surface area (Å²) < 4.78 is 0. The Bertz CT molecular complexity index is 406. The molecule has 0 aliphatic rings. The Balaban J connectivity index is 3.45. The number of nitrogens with zero attached hydrogens (tertiary/aromatic N) is 1. The van der Waals surface area contributed by atoms with Gasteiger partial charge in [-0.05, 0) is 24.6 Å². The van der Waals surface area contributed by atoms with E-state index in [9.17, 15) is 14.7 Å². The molecule has 5 heteroatoms. The first-order valence-corrected chi connectivity index (χ1v) is 3.71. The quantitative estimate of drug-likeness (QED) is 0.548. The van der Waals surface area contributed by atoms with Gasteiger partial charge in [-0.3, -0.25) is 0 Å². The average Bonchev–Trinajstić information content (AvgIpc) is 2.11. The zero-order valence-electron chi connectivity index (χ0n) is 7.31. The topological polar surface area (TPSA) is 87.0 Å². The molecule has 0 amide bonds. The van der Waals surface area contributed by atoms with Gasteiger partial charge in [-0.15, -0.1) is 0 Å². The van der Waals surface area contributed by atoms with Gasteiger partial charge in [0.2, 0.25) is 6.08 Å². The van der Waals surface area contributed by atoms with Gasteiger partial charge in [-0.1, -0.05) is 0 Å². The van der Waals surface area contributed by atoms with Gasteiger partial charge in [0.1, 0.15) is 5.75 Å². The lowest BCUT2D eigenvalue weighted by Gasteiger charge is -2.03. The molecule has 0 saturated heterocycles. The molecule has 5 nitrogen and oxygen atoms in total. The summed E-state index contributed by atoms with van der Waals surface area (Å²) in [6.07, 6.45) is 1.26. The normalized spacial score (nSPS) is 9.21. The fraction of sp³-hybridized carbons (Fsp3) is 0.111. The number of aliphatic imine (C=N–C) groups is 1. The molecule has 0 aliphatic carbocycles. The summed E-state index contributed by atoms with van der Waals surface area (Å²) in [7, 11) is 0. The van der Waals surface area contributed by atoms with Crippen molar-refractivity contribution in [1.29, 1.82) is 0 Å². The van der Waals surface area contributed by atoms with Gasteiger partial charge in [-0.25, -0.2) is 9.59 Å². The fourth-order valence-corrected chi connectivity index (χ4v) is 0.994. The van der Waals surface area contributed by atoms with Crippen LogP contribution in [-0.2, 0) is 4.79 Å². The highest BCUT2D eigenvalue weighted by atomic mass is 16.4. The molecule has 0 heterocycles. The number of aromatic hydroxyl groups is 1. The van der Waals surface area contributed by atoms with Crippen LogP contribution in [-0.4, -0.2) is 22.3 Å². The van der Waals surface area contributed by atoms with Crippen LogP contribution in [0.4, 0.5) is 5.69 Å². The molecule has 0 fully saturated rings. The van der Waals surface area contributed by atoms with Crippen LogP contribution in [0.1, 0.15) is 15.9 Å². The third kappa shape index (κ3) is 1.78. The number of carboxylic acids is 1. The van der Waals surface area contributed by atoms with Crippen molar-refractivity contribution in [3.05, 3.63) is 23.3 Å². The van der Waals surface area contributed by atoms with E-state index in [2.05, 4.69) is 4.99 Å². The summed E-state index contributed by atoms with van der Waals surface area (Å²) in [6.45, 7) is 1.57. The number of isocyanates is 1. The van der Waals surface area contributed by atoms with E-state index in [4.69, 9.17) is 5.11 Å². The predicted octanol–water partition coefficient (Wildman–Crippen LogP) is 1.37. The number of carbonyl (C=O) groups is 1. The van der Waals surface area contributed by atoms with Crippen molar-refractivity contribution in [2.24, 2.45) is 4.99 Å². The number of benzene rings is 1. The number of aryl methyl sites for hydroxylation is 1. The lowest BCUT2D eigenvalue weighted by atomic mass is 10.1. The van der Waals surface area contributed by atoms with Gasteiger partial charge in [0.25, 0.3) is 0 Å². The zero-order chi connectivity index (χ0) is 10.7. The zero-order valence-corrected chi connectivity index (χ0v) is 7.31. The van der Waals surface area contributed by atoms with E-state index in [1.807, 2.05) is 0 Å². The molecule has 14 heavy (non-hydrogen) atoms. The Kier molecular flexibility index (Phi) is 2.65. The van der Waals surface area contributed by atoms with Crippen LogP contribution in [0.3, 0.4) is 0 Å². The SMILES string of the molecule is Cc1cc(N=C=O)c(C(=O)O)cc1O. The number of carbonyl (C=O) groups excluding carboxylic acids is 1. The minimum atomic E-state index is -1.26. The smallest absolute Gasteiger partial charge is 0.338 e. The maximum absolute atomic E-state index is 10.7. The molecule has 1 aromatic rings. The second-order valence-corrected chi connectivity index (χ2v) is 2.66. The van der Waals surface area contributed by atoms with E-state index in [0.717, 1.165) is 6.07 Å². The van der Waals surface area contributed by atoms with E-state index >= 15 is 0 Å². The number of hydrogen-bond donors (Lipinski definition) is 2. The summed E-state index contributed by atoms with van der Waals surface area (Å²) in [6, 6.07) is 2.36. The minimum absolute atomic E-state index is 0.0113. The summed E-state index contributed by atoms with van der Waals surface area (Å²) in [4.78, 5) is 23.9. The van der Waals surface area contributed by atoms with Crippen molar-refractivity contribution in [2.45, 2.75) is 6.92 Å². The van der Waals surface area contributed by atoms with Crippen LogP contribution >= 0.6 is 0 Å². The molecule has 0 spiro atoms. The maximum atomic E-state index is 10.7. The Hall–Kier alpha value is -2.13. The lowest BCUT2D eigenvalue weighted by Crippen LogP contribution is -1.97. The summed E-state index contributed by atoms with van der Waals surface area (Å²) >= 11 is 0. The van der Waals surface area contributed by atoms with Crippen LogP contribution in [0.25, 0.3) is 0 Å². The molecule has 0 bridgehead atoms. The highest BCUT2D eigenvalue weighted by Crippen LogP contribution is 2.27. The van der Waals surface area contributed by atoms with Crippen LogP contribution in [0.2, 0.25) is 0 Å². The van der Waals surface area contributed by atoms with Gasteiger partial charge in [0.15, 0.2) is 0 Å². The monoisotopic (exact) mass is 193 g/mol. The predicted molar refractivity (Wildman–Crippen MR) is 47.6 cm³/mol. The molecular weight excluding hydrogens is 186 g/mol. The molecule has 0 unspecified atom stereocenters. The minimum Gasteiger partial charge on any atom is -0.508 e. The van der Waals surface area contributed by atoms with Gasteiger partial charge in [-0.2, -0.15) is 4.99 Å². The van der Waals surface area contributed by atoms with Gasteiger partial charge in [0, 0.05) is 0 Å². The molecule has 0 aliphatic heterocycles. The molecule has 72 valence electrons. The molecular formula is C9H7NO4. The Morgan fingerprint density at radius 2 is 2.14 bits per heavy atom. The van der Waals surface area contributed by atoms with E-state index < -0.39 is 5.97 Å². The van der Waals surface area contributed by atoms with Gasteiger partial charge < -0.3 is 10.2 Å². The van der Waals surface area contributed by atoms with Crippen molar-refractivity contribution in [1.82, 2.24) is 0 Å². The fourth-order valence-electron chi connectivity index (χ4n) is 0.994. The number of hydrogen-bond acceptors (Lipinski definition) is 4. The molecule has 0 aromatic heterocycles.